The second kappa shape index (κ2) is 8.77. The van der Waals surface area contributed by atoms with E-state index in [9.17, 15) is 9.59 Å². The molecule has 2 aromatic heterocycles. The van der Waals surface area contributed by atoms with Crippen molar-refractivity contribution in [3.8, 4) is 0 Å². The molecule has 9 heteroatoms. The third-order valence-corrected chi connectivity index (χ3v) is 5.53. The summed E-state index contributed by atoms with van der Waals surface area (Å²) in [5.41, 5.74) is 0.506. The van der Waals surface area contributed by atoms with Crippen LogP contribution in [0.4, 0.5) is 5.82 Å². The maximum absolute atomic E-state index is 12.7. The highest BCUT2D eigenvalue weighted by molar-refractivity contribution is 5.94. The SMILES string of the molecule is CCCn1nc2n(c1=O)CCC(NC(=O)c1ccc(N3CCOCC3)nc1)CC2. The van der Waals surface area contributed by atoms with E-state index in [2.05, 4.69) is 20.3 Å². The van der Waals surface area contributed by atoms with Crippen molar-refractivity contribution in [2.24, 2.45) is 0 Å². The highest BCUT2D eigenvalue weighted by Gasteiger charge is 2.22. The number of hydrogen-bond acceptors (Lipinski definition) is 6. The van der Waals surface area contributed by atoms with Gasteiger partial charge in [-0.2, -0.15) is 5.10 Å². The van der Waals surface area contributed by atoms with Crippen LogP contribution in [0.2, 0.25) is 0 Å². The van der Waals surface area contributed by atoms with E-state index in [-0.39, 0.29) is 17.6 Å². The zero-order chi connectivity index (χ0) is 20.2. The van der Waals surface area contributed by atoms with E-state index in [1.807, 2.05) is 19.1 Å². The third-order valence-electron chi connectivity index (χ3n) is 5.53. The number of pyridine rings is 1. The minimum Gasteiger partial charge on any atom is -0.378 e. The maximum atomic E-state index is 12.7. The predicted molar refractivity (Wildman–Crippen MR) is 108 cm³/mol. The first-order chi connectivity index (χ1) is 14.2. The quantitative estimate of drug-likeness (QED) is 0.799. The molecule has 2 aliphatic rings. The minimum absolute atomic E-state index is 0.0159. The molecule has 4 heterocycles. The monoisotopic (exact) mass is 400 g/mol. The number of aromatic nitrogens is 4. The Labute approximate surface area is 169 Å². The summed E-state index contributed by atoms with van der Waals surface area (Å²) in [4.78, 5) is 31.7. The van der Waals surface area contributed by atoms with E-state index in [0.717, 1.165) is 44.0 Å². The van der Waals surface area contributed by atoms with Gasteiger partial charge in [0.2, 0.25) is 0 Å². The molecular weight excluding hydrogens is 372 g/mol. The summed E-state index contributed by atoms with van der Waals surface area (Å²) in [6, 6.07) is 3.72. The molecule has 1 saturated heterocycles. The van der Waals surface area contributed by atoms with Crippen LogP contribution in [0.15, 0.2) is 23.1 Å². The molecule has 2 aromatic rings. The minimum atomic E-state index is -0.126. The molecule has 0 spiro atoms. The Bertz CT molecular complexity index is 898. The lowest BCUT2D eigenvalue weighted by molar-refractivity contribution is 0.0932. The fourth-order valence-electron chi connectivity index (χ4n) is 3.90. The van der Waals surface area contributed by atoms with Crippen molar-refractivity contribution in [2.75, 3.05) is 31.2 Å². The van der Waals surface area contributed by atoms with Crippen LogP contribution in [-0.2, 0) is 24.2 Å². The Balaban J connectivity index is 1.35. The van der Waals surface area contributed by atoms with Crippen molar-refractivity contribution < 1.29 is 9.53 Å². The number of fused-ring (bicyclic) bond motifs is 1. The van der Waals surface area contributed by atoms with E-state index in [0.29, 0.717) is 38.3 Å². The van der Waals surface area contributed by atoms with Crippen molar-refractivity contribution in [3.63, 3.8) is 0 Å². The van der Waals surface area contributed by atoms with Crippen LogP contribution in [0.5, 0.6) is 0 Å². The number of hydrogen-bond donors (Lipinski definition) is 1. The average molecular weight is 400 g/mol. The van der Waals surface area contributed by atoms with E-state index in [4.69, 9.17) is 4.74 Å². The molecule has 1 fully saturated rings. The molecular formula is C20H28N6O3. The van der Waals surface area contributed by atoms with Crippen molar-refractivity contribution in [1.29, 1.82) is 0 Å². The number of aryl methyl sites for hydroxylation is 2. The highest BCUT2D eigenvalue weighted by atomic mass is 16.5. The number of morpholine rings is 1. The van der Waals surface area contributed by atoms with Gasteiger partial charge in [-0.3, -0.25) is 9.36 Å². The van der Waals surface area contributed by atoms with Gasteiger partial charge in [-0.15, -0.1) is 0 Å². The van der Waals surface area contributed by atoms with Crippen LogP contribution in [0.1, 0.15) is 42.4 Å². The Hall–Kier alpha value is -2.68. The lowest BCUT2D eigenvalue weighted by Crippen LogP contribution is -2.37. The smallest absolute Gasteiger partial charge is 0.345 e. The van der Waals surface area contributed by atoms with E-state index in [1.165, 1.54) is 0 Å². The van der Waals surface area contributed by atoms with Gasteiger partial charge in [0.05, 0.1) is 18.8 Å². The summed E-state index contributed by atoms with van der Waals surface area (Å²) in [5, 5.41) is 7.55. The molecule has 9 nitrogen and oxygen atoms in total. The number of rotatable bonds is 5. The summed E-state index contributed by atoms with van der Waals surface area (Å²) in [6.07, 6.45) is 4.69. The van der Waals surface area contributed by atoms with Crippen molar-refractivity contribution in [2.45, 2.75) is 51.7 Å². The maximum Gasteiger partial charge on any atom is 0.345 e. The average Bonchev–Trinajstić information content (AvgIpc) is 2.92. The largest absolute Gasteiger partial charge is 0.378 e. The number of anilines is 1. The third kappa shape index (κ3) is 4.34. The molecule has 29 heavy (non-hydrogen) atoms. The Kier molecular flexibility index (Phi) is 5.94. The summed E-state index contributed by atoms with van der Waals surface area (Å²) in [5.74, 6) is 1.56. The van der Waals surface area contributed by atoms with Gasteiger partial charge in [0.1, 0.15) is 11.6 Å². The zero-order valence-electron chi connectivity index (χ0n) is 16.8. The summed E-state index contributed by atoms with van der Waals surface area (Å²) < 4.78 is 8.66. The van der Waals surface area contributed by atoms with Gasteiger partial charge >= 0.3 is 5.69 Å². The van der Waals surface area contributed by atoms with E-state index < -0.39 is 0 Å². The van der Waals surface area contributed by atoms with Gasteiger partial charge in [-0.05, 0) is 31.4 Å². The van der Waals surface area contributed by atoms with Crippen molar-refractivity contribution in [1.82, 2.24) is 24.6 Å². The predicted octanol–water partition coefficient (Wildman–Crippen LogP) is 0.821. The second-order valence-electron chi connectivity index (χ2n) is 7.58. The van der Waals surface area contributed by atoms with Gasteiger partial charge in [-0.25, -0.2) is 14.5 Å². The first-order valence-electron chi connectivity index (χ1n) is 10.4. The first-order valence-corrected chi connectivity index (χ1v) is 10.4. The summed E-state index contributed by atoms with van der Waals surface area (Å²) >= 11 is 0. The molecule has 156 valence electrons. The van der Waals surface area contributed by atoms with Crippen molar-refractivity contribution in [3.05, 3.63) is 40.2 Å². The van der Waals surface area contributed by atoms with Gasteiger partial charge in [0.15, 0.2) is 0 Å². The van der Waals surface area contributed by atoms with E-state index >= 15 is 0 Å². The van der Waals surface area contributed by atoms with Crippen molar-refractivity contribution >= 4 is 11.7 Å². The number of carbonyl (C=O) groups is 1. The number of ether oxygens (including phenoxy) is 1. The van der Waals surface area contributed by atoms with Gasteiger partial charge in [0.25, 0.3) is 5.91 Å². The molecule has 1 amide bonds. The van der Waals surface area contributed by atoms with Gasteiger partial charge in [-0.1, -0.05) is 6.92 Å². The topological polar surface area (TPSA) is 94.3 Å². The fourth-order valence-corrected chi connectivity index (χ4v) is 3.90. The lowest BCUT2D eigenvalue weighted by atomic mass is 10.1. The molecule has 4 rings (SSSR count). The number of nitrogens with zero attached hydrogens (tertiary/aromatic N) is 5. The molecule has 0 saturated carbocycles. The van der Waals surface area contributed by atoms with Crippen LogP contribution in [-0.4, -0.2) is 57.6 Å². The number of carbonyl (C=O) groups excluding carboxylic acids is 1. The van der Waals surface area contributed by atoms with Gasteiger partial charge < -0.3 is 15.0 Å². The molecule has 0 aliphatic carbocycles. The zero-order valence-corrected chi connectivity index (χ0v) is 16.8. The number of amides is 1. The lowest BCUT2D eigenvalue weighted by Gasteiger charge is -2.27. The first kappa shape index (κ1) is 19.6. The summed E-state index contributed by atoms with van der Waals surface area (Å²) in [7, 11) is 0. The standard InChI is InChI=1S/C20H28N6O3/c1-2-8-26-20(28)25-9-7-16(4-6-18(25)23-26)22-19(27)15-3-5-17(21-14-15)24-10-12-29-13-11-24/h3,5,14,16H,2,4,6-13H2,1H3,(H,22,27). The molecule has 0 aromatic carbocycles. The van der Waals surface area contributed by atoms with Crippen LogP contribution in [0, 0.1) is 0 Å². The fraction of sp³-hybridized carbons (Fsp3) is 0.600. The molecule has 1 unspecified atom stereocenters. The molecule has 1 atom stereocenters. The highest BCUT2D eigenvalue weighted by Crippen LogP contribution is 2.15. The Morgan fingerprint density at radius 2 is 2.07 bits per heavy atom. The van der Waals surface area contributed by atoms with Crippen LogP contribution >= 0.6 is 0 Å². The van der Waals surface area contributed by atoms with Crippen LogP contribution in [0.3, 0.4) is 0 Å². The van der Waals surface area contributed by atoms with Gasteiger partial charge in [0, 0.05) is 44.8 Å². The van der Waals surface area contributed by atoms with Crippen LogP contribution < -0.4 is 15.9 Å². The summed E-state index contributed by atoms with van der Waals surface area (Å²) in [6.45, 7) is 6.29. The Morgan fingerprint density at radius 1 is 1.24 bits per heavy atom. The second-order valence-corrected chi connectivity index (χ2v) is 7.58. The molecule has 2 aliphatic heterocycles. The molecule has 1 N–H and O–H groups in total. The number of nitrogens with one attached hydrogen (secondary N) is 1. The molecule has 0 bridgehead atoms. The van der Waals surface area contributed by atoms with E-state index in [1.54, 1.807) is 15.4 Å². The Morgan fingerprint density at radius 3 is 2.79 bits per heavy atom. The van der Waals surface area contributed by atoms with Crippen LogP contribution in [0.25, 0.3) is 0 Å². The molecule has 0 radical (unpaired) electrons. The normalized spacial score (nSPS) is 19.5.